The van der Waals surface area contributed by atoms with E-state index in [1.165, 1.54) is 10.5 Å². The van der Waals surface area contributed by atoms with E-state index in [0.29, 0.717) is 24.4 Å². The van der Waals surface area contributed by atoms with E-state index in [0.717, 1.165) is 17.5 Å². The molecule has 0 saturated carbocycles. The number of hydrogen-bond acceptors (Lipinski definition) is 4. The number of amides is 1. The molecule has 3 heterocycles. The molecule has 0 radical (unpaired) electrons. The lowest BCUT2D eigenvalue weighted by Crippen LogP contribution is -2.42. The molecular weight excluding hydrogens is 316 g/mol. The van der Waals surface area contributed by atoms with Gasteiger partial charge in [0.1, 0.15) is 11.7 Å². The normalized spacial score (nSPS) is 17.4. The predicted octanol–water partition coefficient (Wildman–Crippen LogP) is 1.28. The third-order valence-electron chi connectivity index (χ3n) is 4.64. The van der Waals surface area contributed by atoms with Gasteiger partial charge in [-0.3, -0.25) is 18.9 Å². The number of nitrogens with zero attached hydrogens (tertiary/aromatic N) is 3. The van der Waals surface area contributed by atoms with Crippen LogP contribution in [0.1, 0.15) is 22.9 Å². The number of pyridine rings is 1. The van der Waals surface area contributed by atoms with Gasteiger partial charge < -0.3 is 5.73 Å². The summed E-state index contributed by atoms with van der Waals surface area (Å²) in [5.74, 6) is -0.385. The van der Waals surface area contributed by atoms with Crippen LogP contribution in [0, 0.1) is 0 Å². The lowest BCUT2D eigenvalue weighted by Gasteiger charge is -2.35. The van der Waals surface area contributed by atoms with Crippen LogP contribution in [-0.4, -0.2) is 26.7 Å². The molecule has 1 atom stereocenters. The topological polar surface area (TPSA) is 80.7 Å². The Morgan fingerprint density at radius 1 is 1.20 bits per heavy atom. The molecule has 25 heavy (non-hydrogen) atoms. The Hall–Kier alpha value is -2.99. The second-order valence-corrected chi connectivity index (χ2v) is 6.24. The number of carbonyl (C=O) groups excluding carboxylic acids is 1. The van der Waals surface area contributed by atoms with E-state index in [1.807, 2.05) is 35.2 Å². The summed E-state index contributed by atoms with van der Waals surface area (Å²) in [6, 6.07) is 14.3. The van der Waals surface area contributed by atoms with Gasteiger partial charge in [0.15, 0.2) is 0 Å². The fraction of sp³-hybridized carbons (Fsp3) is 0.211. The highest BCUT2D eigenvalue weighted by atomic mass is 16.1. The largest absolute Gasteiger partial charge is 0.368 e. The Kier molecular flexibility index (Phi) is 3.82. The smallest absolute Gasteiger partial charge is 0.258 e. The van der Waals surface area contributed by atoms with Crippen molar-refractivity contribution in [1.82, 2.24) is 14.3 Å². The Morgan fingerprint density at radius 3 is 2.84 bits per heavy atom. The van der Waals surface area contributed by atoms with Crippen LogP contribution in [0.25, 0.3) is 5.65 Å². The maximum absolute atomic E-state index is 12.3. The van der Waals surface area contributed by atoms with E-state index in [1.54, 1.807) is 18.3 Å². The number of rotatable bonds is 3. The third kappa shape index (κ3) is 2.81. The standard InChI is InChI=1S/C19H18N4O2/c20-19(25)18-15-6-2-1-5-13(15)8-10-22(18)12-14-11-17(24)23-9-4-3-7-16(23)21-14/h1-7,9,11,18H,8,10,12H2,(H2,20,25)/t18-/m1/s1. The minimum Gasteiger partial charge on any atom is -0.368 e. The van der Waals surface area contributed by atoms with Crippen molar-refractivity contribution in [2.24, 2.45) is 5.73 Å². The second-order valence-electron chi connectivity index (χ2n) is 6.24. The lowest BCUT2D eigenvalue weighted by atomic mass is 9.92. The molecule has 6 heteroatoms. The molecule has 1 amide bonds. The van der Waals surface area contributed by atoms with Crippen molar-refractivity contribution in [3.8, 4) is 0 Å². The first-order chi connectivity index (χ1) is 12.1. The molecule has 1 aliphatic rings. The number of primary amides is 1. The number of benzene rings is 1. The quantitative estimate of drug-likeness (QED) is 0.782. The monoisotopic (exact) mass is 334 g/mol. The highest BCUT2D eigenvalue weighted by molar-refractivity contribution is 5.82. The van der Waals surface area contributed by atoms with Gasteiger partial charge in [-0.2, -0.15) is 0 Å². The first-order valence-electron chi connectivity index (χ1n) is 8.22. The maximum Gasteiger partial charge on any atom is 0.258 e. The molecule has 6 nitrogen and oxygen atoms in total. The Balaban J connectivity index is 1.71. The van der Waals surface area contributed by atoms with E-state index in [4.69, 9.17) is 5.73 Å². The van der Waals surface area contributed by atoms with Gasteiger partial charge in [-0.05, 0) is 29.7 Å². The fourth-order valence-electron chi connectivity index (χ4n) is 3.51. The summed E-state index contributed by atoms with van der Waals surface area (Å²) in [7, 11) is 0. The molecule has 3 aromatic rings. The maximum atomic E-state index is 12.3. The highest BCUT2D eigenvalue weighted by Gasteiger charge is 2.31. The molecule has 0 unspecified atom stereocenters. The number of carbonyl (C=O) groups is 1. The lowest BCUT2D eigenvalue weighted by molar-refractivity contribution is -0.124. The summed E-state index contributed by atoms with van der Waals surface area (Å²) >= 11 is 0. The number of hydrogen-bond donors (Lipinski definition) is 1. The summed E-state index contributed by atoms with van der Waals surface area (Å²) in [5, 5.41) is 0. The molecule has 0 fully saturated rings. The Morgan fingerprint density at radius 2 is 2.00 bits per heavy atom. The van der Waals surface area contributed by atoms with Crippen molar-refractivity contribution >= 4 is 11.6 Å². The molecule has 4 rings (SSSR count). The highest BCUT2D eigenvalue weighted by Crippen LogP contribution is 2.30. The van der Waals surface area contributed by atoms with E-state index in [2.05, 4.69) is 4.98 Å². The van der Waals surface area contributed by atoms with Gasteiger partial charge in [-0.25, -0.2) is 4.98 Å². The van der Waals surface area contributed by atoms with Crippen LogP contribution >= 0.6 is 0 Å². The van der Waals surface area contributed by atoms with Crippen molar-refractivity contribution in [1.29, 1.82) is 0 Å². The third-order valence-corrected chi connectivity index (χ3v) is 4.64. The van der Waals surface area contributed by atoms with Crippen molar-refractivity contribution in [3.05, 3.63) is 81.9 Å². The summed E-state index contributed by atoms with van der Waals surface area (Å²) in [6.07, 6.45) is 2.53. The molecular formula is C19H18N4O2. The van der Waals surface area contributed by atoms with E-state index < -0.39 is 6.04 Å². The average Bonchev–Trinajstić information content (AvgIpc) is 2.61. The molecule has 2 aromatic heterocycles. The summed E-state index contributed by atoms with van der Waals surface area (Å²) in [4.78, 5) is 30.9. The van der Waals surface area contributed by atoms with Gasteiger partial charge in [0.05, 0.1) is 5.69 Å². The summed E-state index contributed by atoms with van der Waals surface area (Å²) in [5.41, 5.74) is 8.88. The summed E-state index contributed by atoms with van der Waals surface area (Å²) < 4.78 is 1.50. The van der Waals surface area contributed by atoms with Crippen molar-refractivity contribution in [2.45, 2.75) is 19.0 Å². The molecule has 126 valence electrons. The van der Waals surface area contributed by atoms with E-state index in [9.17, 15) is 9.59 Å². The molecule has 1 aromatic carbocycles. The molecule has 0 saturated heterocycles. The van der Waals surface area contributed by atoms with Crippen molar-refractivity contribution in [3.63, 3.8) is 0 Å². The summed E-state index contributed by atoms with van der Waals surface area (Å²) in [6.45, 7) is 1.10. The van der Waals surface area contributed by atoms with Crippen LogP contribution < -0.4 is 11.3 Å². The first-order valence-corrected chi connectivity index (χ1v) is 8.22. The minimum absolute atomic E-state index is 0.131. The van der Waals surface area contributed by atoms with Crippen LogP contribution in [0.5, 0.6) is 0 Å². The van der Waals surface area contributed by atoms with Crippen LogP contribution in [0.3, 0.4) is 0 Å². The molecule has 2 N–H and O–H groups in total. The van der Waals surface area contributed by atoms with Crippen LogP contribution in [0.2, 0.25) is 0 Å². The van der Waals surface area contributed by atoms with Gasteiger partial charge in [0, 0.05) is 25.4 Å². The van der Waals surface area contributed by atoms with Gasteiger partial charge in [0.25, 0.3) is 5.56 Å². The van der Waals surface area contributed by atoms with Crippen LogP contribution in [0.15, 0.2) is 59.5 Å². The average molecular weight is 334 g/mol. The van der Waals surface area contributed by atoms with Gasteiger partial charge in [-0.1, -0.05) is 30.3 Å². The Labute approximate surface area is 144 Å². The van der Waals surface area contributed by atoms with Crippen LogP contribution in [-0.2, 0) is 17.8 Å². The predicted molar refractivity (Wildman–Crippen MR) is 94.0 cm³/mol. The van der Waals surface area contributed by atoms with Gasteiger partial charge in [-0.15, -0.1) is 0 Å². The minimum atomic E-state index is -0.499. The van der Waals surface area contributed by atoms with Crippen LogP contribution in [0.4, 0.5) is 0 Å². The van der Waals surface area contributed by atoms with E-state index in [-0.39, 0.29) is 11.5 Å². The molecule has 0 aliphatic carbocycles. The molecule has 1 aliphatic heterocycles. The zero-order chi connectivity index (χ0) is 17.4. The van der Waals surface area contributed by atoms with Crippen molar-refractivity contribution in [2.75, 3.05) is 6.54 Å². The number of nitrogens with two attached hydrogens (primary N) is 1. The number of aromatic nitrogens is 2. The van der Waals surface area contributed by atoms with Crippen molar-refractivity contribution < 1.29 is 4.79 Å². The second kappa shape index (κ2) is 6.14. The molecule has 0 spiro atoms. The van der Waals surface area contributed by atoms with Gasteiger partial charge >= 0.3 is 0 Å². The fourth-order valence-corrected chi connectivity index (χ4v) is 3.51. The Bertz CT molecular complexity index is 1010. The molecule has 0 bridgehead atoms. The first kappa shape index (κ1) is 15.5. The number of fused-ring (bicyclic) bond motifs is 2. The SMILES string of the molecule is NC(=O)[C@H]1c2ccccc2CCN1Cc1cc(=O)n2ccccc2n1. The zero-order valence-electron chi connectivity index (χ0n) is 13.6. The van der Waals surface area contributed by atoms with E-state index >= 15 is 0 Å². The van der Waals surface area contributed by atoms with Gasteiger partial charge in [0.2, 0.25) is 5.91 Å². The zero-order valence-corrected chi connectivity index (χ0v) is 13.6.